The first kappa shape index (κ1) is 23.1. The maximum Gasteiger partial charge on any atom is 0.267 e. The molecule has 5 rings (SSSR count). The van der Waals surface area contributed by atoms with Crippen molar-refractivity contribution in [3.8, 4) is 5.75 Å². The van der Waals surface area contributed by atoms with Gasteiger partial charge in [0.2, 0.25) is 0 Å². The van der Waals surface area contributed by atoms with Crippen molar-refractivity contribution in [2.45, 2.75) is 37.8 Å². The first-order valence-electron chi connectivity index (χ1n) is 12.2. The monoisotopic (exact) mass is 469 g/mol. The molecule has 2 atom stereocenters. The molecule has 2 aliphatic rings. The van der Waals surface area contributed by atoms with Crippen LogP contribution >= 0.6 is 0 Å². The van der Waals surface area contributed by atoms with Crippen LogP contribution in [-0.4, -0.2) is 34.2 Å². The first-order chi connectivity index (χ1) is 17.1. The molecule has 180 valence electrons. The van der Waals surface area contributed by atoms with E-state index in [2.05, 4.69) is 46.6 Å². The Balaban J connectivity index is 1.36. The summed E-state index contributed by atoms with van der Waals surface area (Å²) in [5.74, 6) is 0.251. The number of anilines is 1. The highest BCUT2D eigenvalue weighted by atomic mass is 16.5. The van der Waals surface area contributed by atoms with Gasteiger partial charge in [0.1, 0.15) is 5.75 Å². The first-order valence-corrected chi connectivity index (χ1v) is 12.2. The molecule has 6 nitrogen and oxygen atoms in total. The van der Waals surface area contributed by atoms with Crippen molar-refractivity contribution in [1.29, 1.82) is 0 Å². The van der Waals surface area contributed by atoms with Crippen molar-refractivity contribution >= 4 is 17.7 Å². The number of carbonyl (C=O) groups is 1. The third-order valence-corrected chi connectivity index (χ3v) is 7.22. The maximum atomic E-state index is 11.3. The van der Waals surface area contributed by atoms with Crippen LogP contribution in [0.25, 0.3) is 6.08 Å². The van der Waals surface area contributed by atoms with Gasteiger partial charge < -0.3 is 10.4 Å². The number of nitrogens with one attached hydrogen (secondary N) is 2. The molecular formula is C29H31N3O3. The smallest absolute Gasteiger partial charge is 0.267 e. The number of phenols is 1. The second kappa shape index (κ2) is 10.3. The fourth-order valence-corrected chi connectivity index (χ4v) is 5.42. The summed E-state index contributed by atoms with van der Waals surface area (Å²) in [5, 5.41) is 22.0. The Morgan fingerprint density at radius 1 is 1.09 bits per heavy atom. The Morgan fingerprint density at radius 2 is 1.91 bits per heavy atom. The highest BCUT2D eigenvalue weighted by Gasteiger charge is 2.30. The minimum Gasteiger partial charge on any atom is -0.508 e. The number of hydrogen-bond donors (Lipinski definition) is 4. The highest BCUT2D eigenvalue weighted by molar-refractivity contribution is 5.90. The third kappa shape index (κ3) is 5.24. The number of hydrogen-bond acceptors (Lipinski definition) is 5. The number of aromatic hydroxyl groups is 1. The van der Waals surface area contributed by atoms with Crippen molar-refractivity contribution in [2.75, 3.05) is 18.4 Å². The van der Waals surface area contributed by atoms with Crippen LogP contribution in [-0.2, 0) is 17.8 Å². The summed E-state index contributed by atoms with van der Waals surface area (Å²) in [6.45, 7) is 2.78. The van der Waals surface area contributed by atoms with Gasteiger partial charge in [0.05, 0.1) is 0 Å². The minimum absolute atomic E-state index is 0.288. The normalized spacial score (nSPS) is 18.5. The summed E-state index contributed by atoms with van der Waals surface area (Å²) < 4.78 is 0. The van der Waals surface area contributed by atoms with Crippen molar-refractivity contribution in [3.05, 3.63) is 101 Å². The van der Waals surface area contributed by atoms with Crippen LogP contribution in [0.3, 0.4) is 0 Å². The molecule has 4 N–H and O–H groups in total. The molecule has 0 spiro atoms. The second-order valence-electron chi connectivity index (χ2n) is 9.41. The van der Waals surface area contributed by atoms with Gasteiger partial charge >= 0.3 is 0 Å². The number of benzene rings is 3. The van der Waals surface area contributed by atoms with Crippen molar-refractivity contribution < 1.29 is 15.1 Å². The van der Waals surface area contributed by atoms with Crippen LogP contribution in [0.5, 0.6) is 5.75 Å². The van der Waals surface area contributed by atoms with Crippen LogP contribution in [0, 0.1) is 0 Å². The number of aryl methyl sites for hydroxylation is 1. The minimum atomic E-state index is -0.536. The fourth-order valence-electron chi connectivity index (χ4n) is 5.42. The highest BCUT2D eigenvalue weighted by Crippen LogP contribution is 2.39. The molecule has 0 bridgehead atoms. The Labute approximate surface area is 205 Å². The summed E-state index contributed by atoms with van der Waals surface area (Å²) in [6.07, 6.45) is 6.17. The molecule has 0 fully saturated rings. The summed E-state index contributed by atoms with van der Waals surface area (Å²) in [4.78, 5) is 13.9. The van der Waals surface area contributed by atoms with Gasteiger partial charge in [-0.05, 0) is 77.9 Å². The zero-order valence-electron chi connectivity index (χ0n) is 19.7. The van der Waals surface area contributed by atoms with E-state index in [1.54, 1.807) is 23.7 Å². The van der Waals surface area contributed by atoms with E-state index in [9.17, 15) is 9.90 Å². The summed E-state index contributed by atoms with van der Waals surface area (Å²) in [7, 11) is 0. The molecule has 0 saturated heterocycles. The zero-order chi connectivity index (χ0) is 24.2. The lowest BCUT2D eigenvalue weighted by Gasteiger charge is -2.31. The van der Waals surface area contributed by atoms with Gasteiger partial charge in [0.15, 0.2) is 0 Å². The molecule has 1 aliphatic carbocycles. The van der Waals surface area contributed by atoms with Crippen molar-refractivity contribution in [1.82, 2.24) is 10.4 Å². The van der Waals surface area contributed by atoms with E-state index >= 15 is 0 Å². The lowest BCUT2D eigenvalue weighted by Crippen LogP contribution is -2.29. The Bertz CT molecular complexity index is 1220. The molecule has 0 aromatic heterocycles. The quantitative estimate of drug-likeness (QED) is 0.212. The van der Waals surface area contributed by atoms with Gasteiger partial charge in [-0.15, -0.1) is 0 Å². The van der Waals surface area contributed by atoms with E-state index in [4.69, 9.17) is 5.21 Å². The van der Waals surface area contributed by atoms with E-state index in [1.165, 1.54) is 34.0 Å². The number of fused-ring (bicyclic) bond motifs is 2. The Hall–Kier alpha value is -3.61. The van der Waals surface area contributed by atoms with Crippen LogP contribution in [0.15, 0.2) is 72.8 Å². The van der Waals surface area contributed by atoms with Crippen LogP contribution in [0.4, 0.5) is 5.69 Å². The standard InChI is InChI=1S/C29H31N3O3/c33-24-10-5-21(6-11-24)19-32(16-15-23-18-30-27-4-2-1-3-25(23)27)28-13-9-22-17-20(7-12-26(22)28)8-14-29(34)31-35/h1-8,10-12,14,17,23,28,30,33,35H,9,13,15-16,18-19H2,(H,31,34)/b14-8+. The summed E-state index contributed by atoms with van der Waals surface area (Å²) in [5.41, 5.74) is 9.09. The predicted molar refractivity (Wildman–Crippen MR) is 137 cm³/mol. The molecule has 2 unspecified atom stereocenters. The molecule has 6 heteroatoms. The van der Waals surface area contributed by atoms with E-state index in [0.717, 1.165) is 44.5 Å². The number of carbonyl (C=O) groups excluding carboxylic acids is 1. The van der Waals surface area contributed by atoms with E-state index < -0.39 is 5.91 Å². The molecule has 1 aliphatic heterocycles. The topological polar surface area (TPSA) is 84.8 Å². The molecule has 1 amide bonds. The number of amides is 1. The average molecular weight is 470 g/mol. The average Bonchev–Trinajstić information content (AvgIpc) is 3.50. The van der Waals surface area contributed by atoms with E-state index in [1.807, 2.05) is 18.2 Å². The fraction of sp³-hybridized carbons (Fsp3) is 0.276. The van der Waals surface area contributed by atoms with E-state index in [0.29, 0.717) is 12.0 Å². The van der Waals surface area contributed by atoms with Gasteiger partial charge in [-0.25, -0.2) is 5.48 Å². The second-order valence-corrected chi connectivity index (χ2v) is 9.41. The molecule has 3 aromatic carbocycles. The molecule has 3 aromatic rings. The predicted octanol–water partition coefficient (Wildman–Crippen LogP) is 5.00. The number of phenolic OH excluding ortho intramolecular Hbond substituents is 1. The lowest BCUT2D eigenvalue weighted by atomic mass is 9.96. The number of hydroxylamine groups is 1. The van der Waals surface area contributed by atoms with Crippen LogP contribution < -0.4 is 10.8 Å². The SMILES string of the molecule is O=C(/C=C/c1ccc2c(c1)CCC2N(CCC1CNc2ccccc21)Cc1ccc(O)cc1)NO. The third-order valence-electron chi connectivity index (χ3n) is 7.22. The Morgan fingerprint density at radius 3 is 2.74 bits per heavy atom. The maximum absolute atomic E-state index is 11.3. The number of rotatable bonds is 8. The number of nitrogens with zero attached hydrogens (tertiary/aromatic N) is 1. The van der Waals surface area contributed by atoms with Gasteiger partial charge in [0.25, 0.3) is 5.91 Å². The van der Waals surface area contributed by atoms with Gasteiger partial charge in [0, 0.05) is 36.8 Å². The van der Waals surface area contributed by atoms with E-state index in [-0.39, 0.29) is 5.75 Å². The molecular weight excluding hydrogens is 438 g/mol. The zero-order valence-corrected chi connectivity index (χ0v) is 19.7. The van der Waals surface area contributed by atoms with Gasteiger partial charge in [-0.3, -0.25) is 14.9 Å². The largest absolute Gasteiger partial charge is 0.508 e. The lowest BCUT2D eigenvalue weighted by molar-refractivity contribution is -0.124. The van der Waals surface area contributed by atoms with Crippen LogP contribution in [0.2, 0.25) is 0 Å². The van der Waals surface area contributed by atoms with Crippen molar-refractivity contribution in [2.24, 2.45) is 0 Å². The Kier molecular flexibility index (Phi) is 6.84. The number of para-hydroxylation sites is 1. The molecule has 35 heavy (non-hydrogen) atoms. The van der Waals surface area contributed by atoms with Gasteiger partial charge in [-0.1, -0.05) is 48.5 Å². The molecule has 0 radical (unpaired) electrons. The summed E-state index contributed by atoms with van der Waals surface area (Å²) >= 11 is 0. The summed E-state index contributed by atoms with van der Waals surface area (Å²) in [6, 6.07) is 22.8. The van der Waals surface area contributed by atoms with Crippen molar-refractivity contribution in [3.63, 3.8) is 0 Å². The van der Waals surface area contributed by atoms with Crippen LogP contribution in [0.1, 0.15) is 52.6 Å². The molecule has 1 heterocycles. The van der Waals surface area contributed by atoms with Gasteiger partial charge in [-0.2, -0.15) is 0 Å². The molecule has 0 saturated carbocycles.